The average Bonchev–Trinajstić information content (AvgIpc) is 3.31. The number of ether oxygens (including phenoxy) is 2. The van der Waals surface area contributed by atoms with E-state index in [1.807, 2.05) is 17.0 Å². The molecular weight excluding hydrogens is 348 g/mol. The van der Waals surface area contributed by atoms with E-state index in [-0.39, 0.29) is 5.91 Å². The first-order valence-corrected chi connectivity index (χ1v) is 8.94. The Morgan fingerprint density at radius 2 is 2.07 bits per heavy atom. The van der Waals surface area contributed by atoms with Crippen molar-refractivity contribution in [3.8, 4) is 11.8 Å². The lowest BCUT2D eigenvalue weighted by molar-refractivity contribution is 0.0655. The minimum absolute atomic E-state index is 0.0356. The van der Waals surface area contributed by atoms with Gasteiger partial charge in [-0.25, -0.2) is 9.50 Å². The Labute approximate surface area is 156 Å². The molecule has 142 valence electrons. The fourth-order valence-corrected chi connectivity index (χ4v) is 3.32. The first-order chi connectivity index (χ1) is 13.1. The number of amides is 1. The van der Waals surface area contributed by atoms with Gasteiger partial charge < -0.3 is 14.4 Å². The zero-order chi connectivity index (χ0) is 18.8. The molecule has 1 aliphatic heterocycles. The van der Waals surface area contributed by atoms with Crippen molar-refractivity contribution in [1.82, 2.24) is 29.3 Å². The fourth-order valence-electron chi connectivity index (χ4n) is 3.32. The van der Waals surface area contributed by atoms with E-state index in [4.69, 9.17) is 9.47 Å². The molecule has 0 saturated carbocycles. The highest BCUT2D eigenvalue weighted by atomic mass is 16.5. The van der Waals surface area contributed by atoms with Crippen LogP contribution in [0.5, 0.6) is 11.8 Å². The molecule has 9 heteroatoms. The van der Waals surface area contributed by atoms with E-state index in [1.165, 1.54) is 7.11 Å². The molecule has 0 unspecified atom stereocenters. The molecule has 3 aromatic heterocycles. The number of fused-ring (bicyclic) bond motifs is 1. The second-order valence-corrected chi connectivity index (χ2v) is 6.67. The van der Waals surface area contributed by atoms with Crippen LogP contribution < -0.4 is 9.47 Å². The van der Waals surface area contributed by atoms with E-state index in [2.05, 4.69) is 15.2 Å². The van der Waals surface area contributed by atoms with Crippen LogP contribution in [0.1, 0.15) is 23.2 Å². The summed E-state index contributed by atoms with van der Waals surface area (Å²) in [7, 11) is 3.30. The summed E-state index contributed by atoms with van der Waals surface area (Å²) in [5.74, 6) is 1.31. The topological polar surface area (TPSA) is 86.8 Å². The number of aromatic nitrogens is 5. The highest BCUT2D eigenvalue weighted by Crippen LogP contribution is 2.23. The van der Waals surface area contributed by atoms with Crippen molar-refractivity contribution < 1.29 is 14.3 Å². The van der Waals surface area contributed by atoms with Crippen molar-refractivity contribution in [3.63, 3.8) is 0 Å². The highest BCUT2D eigenvalue weighted by Gasteiger charge is 2.27. The predicted octanol–water partition coefficient (Wildman–Crippen LogP) is 1.40. The molecule has 4 rings (SSSR count). The number of hydrogen-bond acceptors (Lipinski definition) is 6. The van der Waals surface area contributed by atoms with Crippen molar-refractivity contribution in [3.05, 3.63) is 36.3 Å². The van der Waals surface area contributed by atoms with Crippen molar-refractivity contribution in [2.24, 2.45) is 13.0 Å². The Kier molecular flexibility index (Phi) is 4.66. The van der Waals surface area contributed by atoms with E-state index in [1.54, 1.807) is 34.8 Å². The van der Waals surface area contributed by atoms with Gasteiger partial charge in [-0.05, 0) is 24.8 Å². The fraction of sp³-hybridized carbons (Fsp3) is 0.444. The first-order valence-electron chi connectivity index (χ1n) is 8.94. The van der Waals surface area contributed by atoms with Gasteiger partial charge in [-0.1, -0.05) is 0 Å². The maximum atomic E-state index is 12.7. The van der Waals surface area contributed by atoms with E-state index >= 15 is 0 Å². The van der Waals surface area contributed by atoms with Crippen molar-refractivity contribution in [2.75, 3.05) is 26.8 Å². The van der Waals surface area contributed by atoms with Gasteiger partial charge in [0.15, 0.2) is 5.65 Å². The molecule has 0 spiro atoms. The largest absolute Gasteiger partial charge is 0.479 e. The van der Waals surface area contributed by atoms with E-state index in [9.17, 15) is 4.79 Å². The number of imidazole rings is 1. The van der Waals surface area contributed by atoms with Crippen molar-refractivity contribution in [2.45, 2.75) is 12.8 Å². The number of hydrogen-bond donors (Lipinski definition) is 0. The van der Waals surface area contributed by atoms with Gasteiger partial charge in [0.25, 0.3) is 5.91 Å². The Balaban J connectivity index is 1.31. The van der Waals surface area contributed by atoms with Crippen LogP contribution >= 0.6 is 0 Å². The Hall–Kier alpha value is -3.10. The Morgan fingerprint density at radius 3 is 2.85 bits per heavy atom. The molecule has 1 fully saturated rings. The second kappa shape index (κ2) is 7.26. The number of nitrogens with zero attached hydrogens (tertiary/aromatic N) is 6. The van der Waals surface area contributed by atoms with Crippen LogP contribution in [0, 0.1) is 5.92 Å². The second-order valence-electron chi connectivity index (χ2n) is 6.67. The van der Waals surface area contributed by atoms with Crippen LogP contribution in [-0.2, 0) is 7.05 Å². The number of likely N-dealkylation sites (tertiary alicyclic amines) is 1. The summed E-state index contributed by atoms with van der Waals surface area (Å²) in [6, 6.07) is 3.71. The SMILES string of the molecule is COc1nn(C)cc1C(=O)N1CCC(COc2ccc3nccn3n2)CC1. The molecule has 0 N–H and O–H groups in total. The standard InChI is InChI=1S/C18H22N6O3/c1-22-11-14(17(21-22)26-2)18(25)23-8-5-13(6-9-23)12-27-16-4-3-15-19-7-10-24(15)20-16/h3-4,7,10-11,13H,5-6,8-9,12H2,1-2H3. The lowest BCUT2D eigenvalue weighted by Crippen LogP contribution is -2.39. The summed E-state index contributed by atoms with van der Waals surface area (Å²) in [4.78, 5) is 18.7. The zero-order valence-corrected chi connectivity index (χ0v) is 15.4. The van der Waals surface area contributed by atoms with Gasteiger partial charge in [0.1, 0.15) is 5.56 Å². The number of carbonyl (C=O) groups excluding carboxylic acids is 1. The molecule has 3 aromatic rings. The lowest BCUT2D eigenvalue weighted by Gasteiger charge is -2.31. The molecule has 1 saturated heterocycles. The Morgan fingerprint density at radius 1 is 1.26 bits per heavy atom. The van der Waals surface area contributed by atoms with Gasteiger partial charge in [0.2, 0.25) is 11.8 Å². The minimum atomic E-state index is -0.0356. The molecule has 1 amide bonds. The number of aryl methyl sites for hydroxylation is 1. The molecule has 0 bridgehead atoms. The monoisotopic (exact) mass is 370 g/mol. The number of methoxy groups -OCH3 is 1. The van der Waals surface area contributed by atoms with Crippen LogP contribution in [0.25, 0.3) is 5.65 Å². The molecule has 4 heterocycles. The van der Waals surface area contributed by atoms with Crippen LogP contribution in [0.4, 0.5) is 0 Å². The van der Waals surface area contributed by atoms with Crippen LogP contribution in [0.3, 0.4) is 0 Å². The molecule has 0 aliphatic carbocycles. The smallest absolute Gasteiger partial charge is 0.260 e. The van der Waals surface area contributed by atoms with Crippen LogP contribution in [0.2, 0.25) is 0 Å². The normalized spacial score (nSPS) is 15.3. The lowest BCUT2D eigenvalue weighted by atomic mass is 9.97. The average molecular weight is 370 g/mol. The third-order valence-electron chi connectivity index (χ3n) is 4.82. The summed E-state index contributed by atoms with van der Waals surface area (Å²) in [6.45, 7) is 1.98. The quantitative estimate of drug-likeness (QED) is 0.675. The Bertz CT molecular complexity index is 942. The van der Waals surface area contributed by atoms with E-state index in [0.717, 1.165) is 18.5 Å². The van der Waals surface area contributed by atoms with Crippen LogP contribution in [0.15, 0.2) is 30.7 Å². The zero-order valence-electron chi connectivity index (χ0n) is 15.4. The molecule has 1 aliphatic rings. The third kappa shape index (κ3) is 3.57. The maximum Gasteiger partial charge on any atom is 0.260 e. The summed E-state index contributed by atoms with van der Waals surface area (Å²) in [5, 5.41) is 8.52. The number of carbonyl (C=O) groups is 1. The summed E-state index contributed by atoms with van der Waals surface area (Å²) < 4.78 is 14.3. The van der Waals surface area contributed by atoms with Gasteiger partial charge >= 0.3 is 0 Å². The van der Waals surface area contributed by atoms with Gasteiger partial charge in [-0.2, -0.15) is 0 Å². The van der Waals surface area contributed by atoms with Gasteiger partial charge in [0.05, 0.1) is 13.7 Å². The maximum absolute atomic E-state index is 12.7. The number of piperidine rings is 1. The minimum Gasteiger partial charge on any atom is -0.479 e. The van der Waals surface area contributed by atoms with E-state index in [0.29, 0.717) is 42.9 Å². The first kappa shape index (κ1) is 17.3. The molecular formula is C18H22N6O3. The van der Waals surface area contributed by atoms with E-state index < -0.39 is 0 Å². The predicted molar refractivity (Wildman–Crippen MR) is 96.9 cm³/mol. The molecule has 0 aromatic carbocycles. The van der Waals surface area contributed by atoms with Crippen molar-refractivity contribution in [1.29, 1.82) is 0 Å². The van der Waals surface area contributed by atoms with Gasteiger partial charge in [-0.3, -0.25) is 9.48 Å². The highest BCUT2D eigenvalue weighted by molar-refractivity contribution is 5.96. The third-order valence-corrected chi connectivity index (χ3v) is 4.82. The molecule has 27 heavy (non-hydrogen) atoms. The summed E-state index contributed by atoms with van der Waals surface area (Å²) in [6.07, 6.45) is 6.98. The van der Waals surface area contributed by atoms with Gasteiger partial charge in [-0.15, -0.1) is 10.2 Å². The molecule has 0 atom stereocenters. The van der Waals surface area contributed by atoms with Crippen LogP contribution in [-0.4, -0.2) is 62.0 Å². The van der Waals surface area contributed by atoms with Gasteiger partial charge in [0, 0.05) is 44.8 Å². The van der Waals surface area contributed by atoms with Crippen molar-refractivity contribution >= 4 is 11.6 Å². The molecule has 9 nitrogen and oxygen atoms in total. The summed E-state index contributed by atoms with van der Waals surface area (Å²) in [5.41, 5.74) is 1.30. The summed E-state index contributed by atoms with van der Waals surface area (Å²) >= 11 is 0. The number of rotatable bonds is 5. The molecule has 0 radical (unpaired) electrons.